The molecule has 1 aliphatic carbocycles. The van der Waals surface area contributed by atoms with Crippen LogP contribution in [0.2, 0.25) is 0 Å². The molecule has 0 aliphatic heterocycles. The molecule has 0 atom stereocenters. The molecule has 0 spiro atoms. The number of nitrogens with one attached hydrogen (secondary N) is 2. The summed E-state index contributed by atoms with van der Waals surface area (Å²) >= 11 is 0. The molecule has 1 aromatic rings. The molecular formula is C15H22IN3. The Kier molecular flexibility index (Phi) is 6.91. The third-order valence-electron chi connectivity index (χ3n) is 3.28. The van der Waals surface area contributed by atoms with Gasteiger partial charge in [0.1, 0.15) is 0 Å². The van der Waals surface area contributed by atoms with Crippen LogP contribution < -0.4 is 10.6 Å². The summed E-state index contributed by atoms with van der Waals surface area (Å²) in [7, 11) is 1.82. The van der Waals surface area contributed by atoms with Crippen molar-refractivity contribution in [2.75, 3.05) is 7.05 Å². The van der Waals surface area contributed by atoms with Gasteiger partial charge in [0.15, 0.2) is 5.96 Å². The van der Waals surface area contributed by atoms with E-state index >= 15 is 0 Å². The Morgan fingerprint density at radius 3 is 2.58 bits per heavy atom. The predicted molar refractivity (Wildman–Crippen MR) is 92.1 cm³/mol. The molecule has 2 rings (SSSR count). The van der Waals surface area contributed by atoms with E-state index in [1.807, 2.05) is 7.05 Å². The maximum absolute atomic E-state index is 4.26. The van der Waals surface area contributed by atoms with E-state index in [-0.39, 0.29) is 24.0 Å². The minimum atomic E-state index is 0. The van der Waals surface area contributed by atoms with E-state index < -0.39 is 0 Å². The van der Waals surface area contributed by atoms with E-state index in [4.69, 9.17) is 0 Å². The van der Waals surface area contributed by atoms with Gasteiger partial charge in [-0.2, -0.15) is 0 Å². The van der Waals surface area contributed by atoms with Crippen molar-refractivity contribution in [1.82, 2.24) is 10.6 Å². The van der Waals surface area contributed by atoms with Gasteiger partial charge in [-0.05, 0) is 30.9 Å². The van der Waals surface area contributed by atoms with Crippen LogP contribution in [0.4, 0.5) is 0 Å². The molecule has 104 valence electrons. The lowest BCUT2D eigenvalue weighted by Crippen LogP contribution is -2.42. The second-order valence-corrected chi connectivity index (χ2v) is 4.64. The van der Waals surface area contributed by atoms with E-state index in [1.54, 1.807) is 0 Å². The minimum Gasteiger partial charge on any atom is -0.353 e. The largest absolute Gasteiger partial charge is 0.353 e. The molecule has 3 nitrogen and oxygen atoms in total. The van der Waals surface area contributed by atoms with E-state index in [2.05, 4.69) is 59.0 Å². The van der Waals surface area contributed by atoms with Crippen LogP contribution in [0.25, 0.3) is 0 Å². The number of aryl methyl sites for hydroxylation is 1. The van der Waals surface area contributed by atoms with Crippen LogP contribution in [0.5, 0.6) is 0 Å². The number of benzene rings is 1. The van der Waals surface area contributed by atoms with Gasteiger partial charge in [-0.3, -0.25) is 4.99 Å². The van der Waals surface area contributed by atoms with Crippen molar-refractivity contribution < 1.29 is 0 Å². The Bertz CT molecular complexity index is 446. The second kappa shape index (κ2) is 8.19. The zero-order chi connectivity index (χ0) is 12.8. The second-order valence-electron chi connectivity index (χ2n) is 4.64. The van der Waals surface area contributed by atoms with Gasteiger partial charge >= 0.3 is 0 Å². The summed E-state index contributed by atoms with van der Waals surface area (Å²) in [6.07, 6.45) is 6.61. The van der Waals surface area contributed by atoms with Crippen molar-refractivity contribution in [2.24, 2.45) is 4.99 Å². The average Bonchev–Trinajstić information content (AvgIpc) is 2.89. The van der Waals surface area contributed by atoms with Crippen molar-refractivity contribution >= 4 is 29.9 Å². The molecule has 4 heteroatoms. The Balaban J connectivity index is 0.00000180. The highest BCUT2D eigenvalue weighted by atomic mass is 127. The highest BCUT2D eigenvalue weighted by Crippen LogP contribution is 2.09. The zero-order valence-electron chi connectivity index (χ0n) is 11.5. The fourth-order valence-corrected chi connectivity index (χ4v) is 2.11. The first kappa shape index (κ1) is 16.0. The maximum atomic E-state index is 4.26. The van der Waals surface area contributed by atoms with E-state index in [0.717, 1.165) is 25.3 Å². The quantitative estimate of drug-likeness (QED) is 0.371. The molecular weight excluding hydrogens is 349 g/mol. The highest BCUT2D eigenvalue weighted by molar-refractivity contribution is 14.0. The Morgan fingerprint density at radius 2 is 1.95 bits per heavy atom. The first-order chi connectivity index (χ1) is 8.79. The summed E-state index contributed by atoms with van der Waals surface area (Å²) in [5.74, 6) is 0.881. The molecule has 19 heavy (non-hydrogen) atoms. The summed E-state index contributed by atoms with van der Waals surface area (Å²) in [5, 5.41) is 6.80. The van der Waals surface area contributed by atoms with Gasteiger partial charge in [-0.25, -0.2) is 0 Å². The van der Waals surface area contributed by atoms with E-state index in [0.29, 0.717) is 6.04 Å². The molecule has 1 aliphatic rings. The predicted octanol–water partition coefficient (Wildman–Crippen LogP) is 3.00. The van der Waals surface area contributed by atoms with Gasteiger partial charge in [0.05, 0.1) is 0 Å². The Hall–Kier alpha value is -1.04. The third-order valence-corrected chi connectivity index (χ3v) is 3.28. The number of rotatable bonds is 3. The molecule has 0 amide bonds. The van der Waals surface area contributed by atoms with Gasteiger partial charge in [0.2, 0.25) is 0 Å². The molecule has 0 aromatic heterocycles. The van der Waals surface area contributed by atoms with Gasteiger partial charge in [0.25, 0.3) is 0 Å². The summed E-state index contributed by atoms with van der Waals surface area (Å²) in [5.41, 5.74) is 2.62. The molecule has 2 N–H and O–H groups in total. The standard InChI is InChI=1S/C15H21N3.HI/c1-12-7-3-4-8-13(12)11-17-15(16-2)18-14-9-5-6-10-14;/h3-8,14H,9-11H2,1-2H3,(H2,16,17,18);1H. The molecule has 0 bridgehead atoms. The number of hydrogen-bond donors (Lipinski definition) is 2. The van der Waals surface area contributed by atoms with Crippen molar-refractivity contribution in [3.63, 3.8) is 0 Å². The molecule has 0 heterocycles. The monoisotopic (exact) mass is 371 g/mol. The molecule has 0 saturated carbocycles. The van der Waals surface area contributed by atoms with Crippen LogP contribution in [-0.4, -0.2) is 19.0 Å². The summed E-state index contributed by atoms with van der Waals surface area (Å²) in [6, 6.07) is 8.91. The Labute approximate surface area is 132 Å². The molecule has 0 fully saturated rings. The number of guanidine groups is 1. The van der Waals surface area contributed by atoms with E-state index in [9.17, 15) is 0 Å². The summed E-state index contributed by atoms with van der Waals surface area (Å²) in [4.78, 5) is 4.26. The lowest BCUT2D eigenvalue weighted by atomic mass is 10.1. The molecule has 1 aromatic carbocycles. The topological polar surface area (TPSA) is 36.4 Å². The fraction of sp³-hybridized carbons (Fsp3) is 0.400. The van der Waals surface area contributed by atoms with Crippen LogP contribution in [0.3, 0.4) is 0 Å². The number of aliphatic imine (C=N–C) groups is 1. The van der Waals surface area contributed by atoms with Crippen LogP contribution >= 0.6 is 24.0 Å². The van der Waals surface area contributed by atoms with E-state index in [1.165, 1.54) is 11.1 Å². The number of hydrogen-bond acceptors (Lipinski definition) is 1. The normalized spacial score (nSPS) is 15.2. The average molecular weight is 371 g/mol. The third kappa shape index (κ3) is 4.86. The van der Waals surface area contributed by atoms with Crippen molar-refractivity contribution in [2.45, 2.75) is 32.4 Å². The zero-order valence-corrected chi connectivity index (χ0v) is 13.8. The number of nitrogens with zero attached hydrogens (tertiary/aromatic N) is 1. The molecule has 0 saturated heterocycles. The first-order valence-electron chi connectivity index (χ1n) is 6.46. The first-order valence-corrected chi connectivity index (χ1v) is 6.46. The van der Waals surface area contributed by atoms with Crippen LogP contribution in [0, 0.1) is 6.92 Å². The van der Waals surface area contributed by atoms with Crippen LogP contribution in [0.1, 0.15) is 24.0 Å². The van der Waals surface area contributed by atoms with Gasteiger partial charge in [0, 0.05) is 19.6 Å². The lowest BCUT2D eigenvalue weighted by Gasteiger charge is -2.17. The molecule has 0 radical (unpaired) electrons. The maximum Gasteiger partial charge on any atom is 0.191 e. The summed E-state index contributed by atoms with van der Waals surface area (Å²) in [6.45, 7) is 2.95. The number of halogens is 1. The van der Waals surface area contributed by atoms with Crippen molar-refractivity contribution in [1.29, 1.82) is 0 Å². The van der Waals surface area contributed by atoms with Crippen LogP contribution in [0.15, 0.2) is 41.4 Å². The van der Waals surface area contributed by atoms with Crippen LogP contribution in [-0.2, 0) is 6.54 Å². The smallest absolute Gasteiger partial charge is 0.191 e. The fourth-order valence-electron chi connectivity index (χ4n) is 2.11. The minimum absolute atomic E-state index is 0. The van der Waals surface area contributed by atoms with Gasteiger partial charge < -0.3 is 10.6 Å². The van der Waals surface area contributed by atoms with Crippen molar-refractivity contribution in [3.05, 3.63) is 47.5 Å². The molecule has 0 unspecified atom stereocenters. The lowest BCUT2D eigenvalue weighted by molar-refractivity contribution is 0.633. The Morgan fingerprint density at radius 1 is 1.26 bits per heavy atom. The van der Waals surface area contributed by atoms with Gasteiger partial charge in [-0.15, -0.1) is 24.0 Å². The van der Waals surface area contributed by atoms with Crippen molar-refractivity contribution in [3.8, 4) is 0 Å². The summed E-state index contributed by atoms with van der Waals surface area (Å²) < 4.78 is 0. The highest BCUT2D eigenvalue weighted by Gasteiger charge is 2.11. The SMILES string of the molecule is CN=C(NCc1ccccc1C)NC1CC=CC1.I. The van der Waals surface area contributed by atoms with Gasteiger partial charge in [-0.1, -0.05) is 36.4 Å².